The Morgan fingerprint density at radius 2 is 1.86 bits per heavy atom. The van der Waals surface area contributed by atoms with E-state index in [1.165, 1.54) is 7.11 Å². The standard InChI is InChI=1S/C26H30N8O2/c1-18-10-11-19(25(35)31-36-3)16-22(18)28-23-21-17-27-34(20-8-5-4-6-9-20)24(21)30-26(29-23)33-13-7-12-32(2)14-15-33/h4-6,8-11,16-17H,7,12-15H2,1-3H3,(H,31,35)(H,28,29,30). The summed E-state index contributed by atoms with van der Waals surface area (Å²) in [7, 11) is 3.55. The summed E-state index contributed by atoms with van der Waals surface area (Å²) in [5.74, 6) is 0.978. The molecule has 1 saturated heterocycles. The molecule has 4 aromatic rings. The minimum Gasteiger partial charge on any atom is -0.339 e. The normalized spacial score (nSPS) is 14.6. The first-order chi connectivity index (χ1) is 17.5. The van der Waals surface area contributed by atoms with Crippen molar-refractivity contribution in [1.29, 1.82) is 0 Å². The second kappa shape index (κ2) is 10.3. The van der Waals surface area contributed by atoms with Gasteiger partial charge in [-0.3, -0.25) is 9.63 Å². The Hall–Kier alpha value is -4.02. The summed E-state index contributed by atoms with van der Waals surface area (Å²) in [6, 6.07) is 15.4. The van der Waals surface area contributed by atoms with Crippen LogP contribution >= 0.6 is 0 Å². The molecule has 1 aliphatic rings. The third-order valence-electron chi connectivity index (χ3n) is 6.37. The van der Waals surface area contributed by atoms with Gasteiger partial charge in [0.1, 0.15) is 5.82 Å². The van der Waals surface area contributed by atoms with Crippen LogP contribution in [0.1, 0.15) is 22.3 Å². The zero-order valence-electron chi connectivity index (χ0n) is 20.7. The number of hydrogen-bond acceptors (Lipinski definition) is 8. The average molecular weight is 487 g/mol. The number of carbonyl (C=O) groups excluding carboxylic acids is 1. The molecule has 1 aliphatic heterocycles. The molecule has 1 amide bonds. The zero-order valence-corrected chi connectivity index (χ0v) is 20.7. The third-order valence-corrected chi connectivity index (χ3v) is 6.37. The van der Waals surface area contributed by atoms with Crippen molar-refractivity contribution in [2.45, 2.75) is 13.3 Å². The highest BCUT2D eigenvalue weighted by Crippen LogP contribution is 2.30. The molecule has 2 aromatic heterocycles. The third kappa shape index (κ3) is 4.86. The number of aromatic nitrogens is 4. The van der Waals surface area contributed by atoms with Crippen molar-refractivity contribution < 1.29 is 9.63 Å². The molecule has 0 spiro atoms. The Labute approximate surface area is 209 Å². The number of hydroxylamine groups is 1. The molecular formula is C26H30N8O2. The Kier molecular flexibility index (Phi) is 6.79. The summed E-state index contributed by atoms with van der Waals surface area (Å²) in [4.78, 5) is 31.6. The second-order valence-corrected chi connectivity index (χ2v) is 8.94. The van der Waals surface area contributed by atoms with Crippen LogP contribution in [0.4, 0.5) is 17.5 Å². The number of anilines is 3. The minimum atomic E-state index is -0.320. The molecule has 0 aliphatic carbocycles. The van der Waals surface area contributed by atoms with Gasteiger partial charge in [0, 0.05) is 30.9 Å². The van der Waals surface area contributed by atoms with E-state index in [0.29, 0.717) is 17.3 Å². The van der Waals surface area contributed by atoms with Crippen LogP contribution < -0.4 is 15.7 Å². The molecule has 10 heteroatoms. The van der Waals surface area contributed by atoms with Crippen LogP contribution in [-0.2, 0) is 4.84 Å². The first-order valence-corrected chi connectivity index (χ1v) is 12.0. The molecule has 0 bridgehead atoms. The van der Waals surface area contributed by atoms with Gasteiger partial charge in [0.15, 0.2) is 5.65 Å². The largest absolute Gasteiger partial charge is 0.339 e. The highest BCUT2D eigenvalue weighted by atomic mass is 16.6. The molecule has 36 heavy (non-hydrogen) atoms. The lowest BCUT2D eigenvalue weighted by atomic mass is 10.1. The lowest BCUT2D eigenvalue weighted by Gasteiger charge is -2.22. The summed E-state index contributed by atoms with van der Waals surface area (Å²) in [6.45, 7) is 5.68. The average Bonchev–Trinajstić information content (AvgIpc) is 3.20. The van der Waals surface area contributed by atoms with E-state index in [1.54, 1.807) is 18.3 Å². The quantitative estimate of drug-likeness (QED) is 0.401. The highest BCUT2D eigenvalue weighted by Gasteiger charge is 2.20. The fourth-order valence-electron chi connectivity index (χ4n) is 4.32. The van der Waals surface area contributed by atoms with E-state index < -0.39 is 0 Å². The number of hydrogen-bond donors (Lipinski definition) is 2. The summed E-state index contributed by atoms with van der Waals surface area (Å²) in [5.41, 5.74) is 6.24. The molecule has 0 saturated carbocycles. The Balaban J connectivity index is 1.60. The first-order valence-electron chi connectivity index (χ1n) is 12.0. The smallest absolute Gasteiger partial charge is 0.274 e. The second-order valence-electron chi connectivity index (χ2n) is 8.94. The van der Waals surface area contributed by atoms with E-state index >= 15 is 0 Å². The zero-order chi connectivity index (χ0) is 25.1. The van der Waals surface area contributed by atoms with Crippen LogP contribution in [0.3, 0.4) is 0 Å². The first kappa shape index (κ1) is 23.7. The van der Waals surface area contributed by atoms with Gasteiger partial charge in [0.05, 0.1) is 24.4 Å². The maximum atomic E-state index is 12.3. The molecule has 2 N–H and O–H groups in total. The van der Waals surface area contributed by atoms with Gasteiger partial charge >= 0.3 is 0 Å². The molecular weight excluding hydrogens is 456 g/mol. The lowest BCUT2D eigenvalue weighted by molar-refractivity contribution is 0.0537. The van der Waals surface area contributed by atoms with Gasteiger partial charge in [-0.2, -0.15) is 15.1 Å². The van der Waals surface area contributed by atoms with Crippen LogP contribution in [0.15, 0.2) is 54.7 Å². The van der Waals surface area contributed by atoms with Gasteiger partial charge in [-0.15, -0.1) is 0 Å². The molecule has 0 atom stereocenters. The van der Waals surface area contributed by atoms with Gasteiger partial charge in [0.2, 0.25) is 5.95 Å². The number of para-hydroxylation sites is 1. The van der Waals surface area contributed by atoms with Crippen LogP contribution in [0.2, 0.25) is 0 Å². The number of rotatable bonds is 6. The number of amides is 1. The van der Waals surface area contributed by atoms with Crippen molar-refractivity contribution in [2.24, 2.45) is 0 Å². The summed E-state index contributed by atoms with van der Waals surface area (Å²) < 4.78 is 1.84. The van der Waals surface area contributed by atoms with Crippen molar-refractivity contribution in [3.8, 4) is 5.69 Å². The molecule has 2 aromatic carbocycles. The number of nitrogens with zero attached hydrogens (tertiary/aromatic N) is 6. The van der Waals surface area contributed by atoms with Crippen molar-refractivity contribution in [3.05, 3.63) is 65.9 Å². The van der Waals surface area contributed by atoms with Crippen LogP contribution in [0.25, 0.3) is 16.7 Å². The molecule has 3 heterocycles. The number of nitrogens with one attached hydrogen (secondary N) is 2. The molecule has 0 radical (unpaired) electrons. The van der Waals surface area contributed by atoms with Gasteiger partial charge < -0.3 is 15.1 Å². The number of likely N-dealkylation sites (N-methyl/N-ethyl adjacent to an activating group) is 1. The number of carbonyl (C=O) groups is 1. The van der Waals surface area contributed by atoms with E-state index in [-0.39, 0.29) is 5.91 Å². The van der Waals surface area contributed by atoms with E-state index in [1.807, 2.05) is 48.0 Å². The molecule has 10 nitrogen and oxygen atoms in total. The van der Waals surface area contributed by atoms with Gasteiger partial charge in [-0.25, -0.2) is 10.2 Å². The Morgan fingerprint density at radius 3 is 2.67 bits per heavy atom. The van der Waals surface area contributed by atoms with E-state index in [9.17, 15) is 4.79 Å². The van der Waals surface area contributed by atoms with Crippen molar-refractivity contribution in [2.75, 3.05) is 50.6 Å². The van der Waals surface area contributed by atoms with Gasteiger partial charge in [-0.05, 0) is 56.8 Å². The summed E-state index contributed by atoms with van der Waals surface area (Å²) in [5, 5.41) is 8.90. The van der Waals surface area contributed by atoms with Crippen molar-refractivity contribution in [1.82, 2.24) is 30.1 Å². The van der Waals surface area contributed by atoms with E-state index in [4.69, 9.17) is 14.8 Å². The molecule has 1 fully saturated rings. The number of fused-ring (bicyclic) bond motifs is 1. The summed E-state index contributed by atoms with van der Waals surface area (Å²) >= 11 is 0. The molecule has 186 valence electrons. The van der Waals surface area contributed by atoms with Crippen LogP contribution in [-0.4, -0.2) is 70.9 Å². The van der Waals surface area contributed by atoms with Crippen molar-refractivity contribution >= 4 is 34.4 Å². The highest BCUT2D eigenvalue weighted by molar-refractivity contribution is 5.96. The van der Waals surface area contributed by atoms with Gasteiger partial charge in [-0.1, -0.05) is 24.3 Å². The van der Waals surface area contributed by atoms with Gasteiger partial charge in [0.25, 0.3) is 5.91 Å². The van der Waals surface area contributed by atoms with E-state index in [0.717, 1.165) is 60.6 Å². The Bertz CT molecular complexity index is 1370. The van der Waals surface area contributed by atoms with Crippen molar-refractivity contribution in [3.63, 3.8) is 0 Å². The maximum absolute atomic E-state index is 12.3. The number of benzene rings is 2. The minimum absolute atomic E-state index is 0.320. The maximum Gasteiger partial charge on any atom is 0.274 e. The number of aryl methyl sites for hydroxylation is 1. The monoisotopic (exact) mass is 486 g/mol. The molecule has 0 unspecified atom stereocenters. The Morgan fingerprint density at radius 1 is 1.03 bits per heavy atom. The topological polar surface area (TPSA) is 100 Å². The predicted molar refractivity (Wildman–Crippen MR) is 140 cm³/mol. The van der Waals surface area contributed by atoms with Crippen LogP contribution in [0.5, 0.6) is 0 Å². The van der Waals surface area contributed by atoms with Crippen LogP contribution in [0, 0.1) is 6.92 Å². The fraction of sp³-hybridized carbons (Fsp3) is 0.308. The fourth-order valence-corrected chi connectivity index (χ4v) is 4.32. The van der Waals surface area contributed by atoms with E-state index in [2.05, 4.69) is 32.7 Å². The predicted octanol–water partition coefficient (Wildman–Crippen LogP) is 3.30. The molecule has 5 rings (SSSR count). The lowest BCUT2D eigenvalue weighted by Crippen LogP contribution is -2.30. The summed E-state index contributed by atoms with van der Waals surface area (Å²) in [6.07, 6.45) is 2.82. The SMILES string of the molecule is CONC(=O)c1ccc(C)c(Nc2nc(N3CCCN(C)CC3)nc3c2cnn3-c2ccccc2)c1.